The molecule has 0 fully saturated rings. The van der Waals surface area contributed by atoms with Crippen LogP contribution in [0.5, 0.6) is 0 Å². The van der Waals surface area contributed by atoms with E-state index in [1.807, 2.05) is 0 Å². The van der Waals surface area contributed by atoms with Gasteiger partial charge in [0.2, 0.25) is 0 Å². The van der Waals surface area contributed by atoms with Crippen LogP contribution in [0, 0.1) is 0 Å². The number of nitrogens with zero attached hydrogens (tertiary/aromatic N) is 3. The summed E-state index contributed by atoms with van der Waals surface area (Å²) in [6.45, 7) is 4.55. The molecule has 12 aromatic rings. The number of fused-ring (bicyclic) bond motifs is 7. The Labute approximate surface area is 459 Å². The van der Waals surface area contributed by atoms with Crippen molar-refractivity contribution in [1.29, 1.82) is 0 Å². The van der Waals surface area contributed by atoms with Gasteiger partial charge in [-0.05, 0) is 118 Å². The summed E-state index contributed by atoms with van der Waals surface area (Å²) in [5, 5.41) is 2.51. The molecule has 4 heteroatoms. The van der Waals surface area contributed by atoms with Crippen molar-refractivity contribution >= 4 is 79.0 Å². The third kappa shape index (κ3) is 7.97. The quantitative estimate of drug-likeness (QED) is 0.107. The van der Waals surface area contributed by atoms with Gasteiger partial charge in [0.1, 0.15) is 0 Å². The number of anilines is 6. The first-order chi connectivity index (χ1) is 38.7. The average Bonchev–Trinajstić information content (AvgIpc) is 3.80. The fourth-order valence-corrected chi connectivity index (χ4v) is 12.9. The predicted molar refractivity (Wildman–Crippen MR) is 334 cm³/mol. The Bertz CT molecular complexity index is 4010. The Morgan fingerprint density at radius 1 is 0.333 bits per heavy atom. The maximum atomic E-state index is 2.71. The summed E-state index contributed by atoms with van der Waals surface area (Å²) < 4.78 is 2.49. The molecule has 0 saturated carbocycles. The highest BCUT2D eigenvalue weighted by molar-refractivity contribution is 7.00. The van der Waals surface area contributed by atoms with E-state index in [-0.39, 0.29) is 6.71 Å². The van der Waals surface area contributed by atoms with Crippen molar-refractivity contribution in [2.75, 3.05) is 9.80 Å². The first-order valence-corrected chi connectivity index (χ1v) is 28.2. The molecule has 3 nitrogen and oxygen atoms in total. The molecule has 374 valence electrons. The first-order valence-electron chi connectivity index (χ1n) is 28.2. The molecule has 78 heavy (non-hydrogen) atoms. The van der Waals surface area contributed by atoms with Gasteiger partial charge in [0.15, 0.2) is 0 Å². The van der Waals surface area contributed by atoms with Crippen molar-refractivity contribution in [1.82, 2.24) is 4.57 Å². The maximum absolute atomic E-state index is 2.71. The number of aryl methyl sites for hydroxylation is 2. The Morgan fingerprint density at radius 2 is 0.718 bits per heavy atom. The molecule has 0 unspecified atom stereocenters. The van der Waals surface area contributed by atoms with Gasteiger partial charge in [0, 0.05) is 61.5 Å². The van der Waals surface area contributed by atoms with Crippen LogP contribution in [0.25, 0.3) is 72.0 Å². The number of hydrogen-bond acceptors (Lipinski definition) is 2. The van der Waals surface area contributed by atoms with Crippen molar-refractivity contribution in [2.45, 2.75) is 52.4 Å². The second-order valence-corrected chi connectivity index (χ2v) is 21.2. The summed E-state index contributed by atoms with van der Waals surface area (Å²) in [6.07, 6.45) is 6.43. The summed E-state index contributed by atoms with van der Waals surface area (Å²) in [5.41, 5.74) is 27.0. The highest BCUT2D eigenvalue weighted by Gasteiger charge is 2.45. The monoisotopic (exact) mass is 1000 g/mol. The fourth-order valence-electron chi connectivity index (χ4n) is 12.9. The van der Waals surface area contributed by atoms with Crippen molar-refractivity contribution in [3.05, 3.63) is 266 Å². The molecule has 0 spiro atoms. The van der Waals surface area contributed by atoms with Crippen LogP contribution in [0.1, 0.15) is 50.7 Å². The van der Waals surface area contributed by atoms with Crippen LogP contribution in [0.15, 0.2) is 255 Å². The zero-order chi connectivity index (χ0) is 52.1. The summed E-state index contributed by atoms with van der Waals surface area (Å²) in [6, 6.07) is 96.0. The predicted octanol–water partition coefficient (Wildman–Crippen LogP) is 18.2. The number of benzene rings is 11. The van der Waals surface area contributed by atoms with E-state index in [4.69, 9.17) is 0 Å². The first kappa shape index (κ1) is 47.3. The van der Waals surface area contributed by atoms with Crippen molar-refractivity contribution in [3.8, 4) is 50.2 Å². The van der Waals surface area contributed by atoms with Gasteiger partial charge in [-0.15, -0.1) is 0 Å². The van der Waals surface area contributed by atoms with Gasteiger partial charge in [0.05, 0.1) is 22.4 Å². The Kier molecular flexibility index (Phi) is 12.2. The molecular formula is C74H60BN3. The lowest BCUT2D eigenvalue weighted by Crippen LogP contribution is -2.61. The molecule has 2 aliphatic heterocycles. The van der Waals surface area contributed by atoms with Crippen LogP contribution < -0.4 is 26.2 Å². The second kappa shape index (κ2) is 20.1. The largest absolute Gasteiger partial charge is 0.310 e. The van der Waals surface area contributed by atoms with Crippen molar-refractivity contribution < 1.29 is 0 Å². The fraction of sp³-hybridized carbons (Fsp3) is 0.108. The molecule has 0 radical (unpaired) electrons. The zero-order valence-corrected chi connectivity index (χ0v) is 44.4. The summed E-state index contributed by atoms with van der Waals surface area (Å²) >= 11 is 0. The molecule has 11 aromatic carbocycles. The number of unbranched alkanes of at least 4 members (excludes halogenated alkanes) is 2. The van der Waals surface area contributed by atoms with E-state index in [0.717, 1.165) is 44.2 Å². The van der Waals surface area contributed by atoms with E-state index >= 15 is 0 Å². The minimum Gasteiger partial charge on any atom is -0.310 e. The lowest BCUT2D eigenvalue weighted by molar-refractivity contribution is 0.794. The molecule has 3 heterocycles. The van der Waals surface area contributed by atoms with E-state index in [2.05, 4.69) is 283 Å². The Hall–Kier alpha value is -9.12. The molecular weight excluding hydrogens is 942 g/mol. The normalized spacial score (nSPS) is 12.5. The van der Waals surface area contributed by atoms with Crippen LogP contribution in [0.4, 0.5) is 34.1 Å². The van der Waals surface area contributed by atoms with Gasteiger partial charge < -0.3 is 14.4 Å². The smallest absolute Gasteiger partial charge is 0.252 e. The third-order valence-electron chi connectivity index (χ3n) is 16.5. The van der Waals surface area contributed by atoms with Crippen LogP contribution in [-0.4, -0.2) is 11.3 Å². The number of rotatable bonds is 13. The molecule has 0 atom stereocenters. The number of para-hydroxylation sites is 4. The van der Waals surface area contributed by atoms with Crippen LogP contribution in [-0.2, 0) is 12.8 Å². The molecule has 0 bridgehead atoms. The van der Waals surface area contributed by atoms with Crippen LogP contribution in [0.2, 0.25) is 0 Å². The third-order valence-corrected chi connectivity index (χ3v) is 16.5. The van der Waals surface area contributed by atoms with Gasteiger partial charge in [-0.25, -0.2) is 0 Å². The van der Waals surface area contributed by atoms with E-state index in [0.29, 0.717) is 0 Å². The number of aromatic nitrogens is 1. The highest BCUT2D eigenvalue weighted by Crippen LogP contribution is 2.53. The molecule has 0 amide bonds. The molecule has 2 aliphatic rings. The molecule has 0 aliphatic carbocycles. The van der Waals surface area contributed by atoms with Gasteiger partial charge in [-0.1, -0.05) is 239 Å². The van der Waals surface area contributed by atoms with Crippen molar-refractivity contribution in [3.63, 3.8) is 0 Å². The molecule has 14 rings (SSSR count). The minimum atomic E-state index is -0.0757. The van der Waals surface area contributed by atoms with E-state index < -0.39 is 0 Å². The Morgan fingerprint density at radius 3 is 1.17 bits per heavy atom. The number of hydrogen-bond donors (Lipinski definition) is 0. The lowest BCUT2D eigenvalue weighted by atomic mass is 9.33. The minimum absolute atomic E-state index is 0.0757. The summed E-state index contributed by atoms with van der Waals surface area (Å²) in [5.74, 6) is 0. The van der Waals surface area contributed by atoms with Gasteiger partial charge in [0.25, 0.3) is 6.71 Å². The van der Waals surface area contributed by atoms with Gasteiger partial charge >= 0.3 is 0 Å². The highest BCUT2D eigenvalue weighted by atomic mass is 15.2. The molecule has 0 saturated heterocycles. The van der Waals surface area contributed by atoms with E-state index in [9.17, 15) is 0 Å². The van der Waals surface area contributed by atoms with Gasteiger partial charge in [-0.2, -0.15) is 0 Å². The average molecular weight is 1000 g/mol. The topological polar surface area (TPSA) is 11.4 Å². The molecule has 1 aromatic heterocycles. The van der Waals surface area contributed by atoms with E-state index in [1.54, 1.807) is 0 Å². The summed E-state index contributed by atoms with van der Waals surface area (Å²) in [7, 11) is 0. The van der Waals surface area contributed by atoms with E-state index in [1.165, 1.54) is 128 Å². The zero-order valence-electron chi connectivity index (χ0n) is 44.4. The van der Waals surface area contributed by atoms with Crippen molar-refractivity contribution in [2.24, 2.45) is 0 Å². The Balaban J connectivity index is 1.14. The SMILES string of the molecule is CCCCc1ccc2c(c1)N(c1c(-c3ccccc3)cccc1-c1ccccc1)c1cc(CCCC)cc3c1B2c1ccc(-n2c4ccccc4c4ccccc42)cc1N3c1c(-c2ccccc2)cccc1-c1ccccc1. The van der Waals surface area contributed by atoms with Gasteiger partial charge in [-0.3, -0.25) is 0 Å². The van der Waals surface area contributed by atoms with Crippen LogP contribution in [0.3, 0.4) is 0 Å². The molecule has 0 N–H and O–H groups in total. The lowest BCUT2D eigenvalue weighted by Gasteiger charge is -2.46. The summed E-state index contributed by atoms with van der Waals surface area (Å²) in [4.78, 5) is 5.40. The standard InChI is InChI=1S/C74H60BN3/c1-3-5-25-51-43-45-64-68(47-51)77(73-58(53-27-11-7-12-28-53)37-23-38-59(73)54-29-13-8-14-30-54)70-48-52(26-6-4-2)49-71-72(70)75(64)65-46-44-57(76-66-41-21-19-35-62(66)63-36-20-22-42-67(63)76)50-69(65)78(71)74-60(55-31-15-9-16-32-55)39-24-40-61(74)56-33-17-10-18-34-56/h7-24,27-50H,3-6,25-26H2,1-2H3. The van der Waals surface area contributed by atoms with Crippen LogP contribution >= 0.6 is 0 Å². The second-order valence-electron chi connectivity index (χ2n) is 21.2. The maximum Gasteiger partial charge on any atom is 0.252 e.